The number of ether oxygens (including phenoxy) is 4. The Bertz CT molecular complexity index is 1360. The van der Waals surface area contributed by atoms with Crippen LogP contribution in [0, 0.1) is 6.92 Å². The number of nitrogens with one attached hydrogen (secondary N) is 2. The first-order chi connectivity index (χ1) is 18.8. The van der Waals surface area contributed by atoms with E-state index in [0.29, 0.717) is 58.0 Å². The molecule has 0 aliphatic carbocycles. The number of rotatable bonds is 13. The van der Waals surface area contributed by atoms with Crippen LogP contribution in [0.4, 0.5) is 5.69 Å². The number of carbonyl (C=O) groups excluding carboxylic acids is 2. The number of hydrogen-bond acceptors (Lipinski definition) is 7. The van der Waals surface area contributed by atoms with Crippen LogP contribution in [0.5, 0.6) is 23.0 Å². The van der Waals surface area contributed by atoms with E-state index in [1.807, 2.05) is 19.9 Å². The van der Waals surface area contributed by atoms with Gasteiger partial charge in [-0.2, -0.15) is 5.10 Å². The molecule has 0 bridgehead atoms. The lowest BCUT2D eigenvalue weighted by molar-refractivity contribution is -0.118. The summed E-state index contributed by atoms with van der Waals surface area (Å²) >= 11 is 6.11. The third-order valence-corrected chi connectivity index (χ3v) is 5.65. The van der Waals surface area contributed by atoms with Crippen LogP contribution in [0.2, 0.25) is 5.02 Å². The molecule has 204 valence electrons. The summed E-state index contributed by atoms with van der Waals surface area (Å²) in [5.74, 6) is 0.968. The van der Waals surface area contributed by atoms with Gasteiger partial charge in [0.2, 0.25) is 0 Å². The zero-order chi connectivity index (χ0) is 28.2. The molecule has 0 heterocycles. The molecule has 0 radical (unpaired) electrons. The van der Waals surface area contributed by atoms with Crippen LogP contribution in [-0.2, 0) is 4.79 Å². The molecule has 2 N–H and O–H groups in total. The predicted octanol–water partition coefficient (Wildman–Crippen LogP) is 5.40. The molecule has 2 amide bonds. The van der Waals surface area contributed by atoms with E-state index in [9.17, 15) is 9.59 Å². The maximum Gasteiger partial charge on any atom is 0.271 e. The highest BCUT2D eigenvalue weighted by Crippen LogP contribution is 2.29. The van der Waals surface area contributed by atoms with Gasteiger partial charge in [0.15, 0.2) is 29.6 Å². The largest absolute Gasteiger partial charge is 0.493 e. The average molecular weight is 552 g/mol. The average Bonchev–Trinajstić information content (AvgIpc) is 2.93. The Hall–Kier alpha value is -4.50. The van der Waals surface area contributed by atoms with Crippen LogP contribution in [0.1, 0.15) is 28.4 Å². The topological polar surface area (TPSA) is 107 Å². The minimum atomic E-state index is -0.425. The maximum atomic E-state index is 12.5. The number of carbonyl (C=O) groups is 2. The third kappa shape index (κ3) is 8.51. The Balaban J connectivity index is 1.61. The molecule has 3 aromatic rings. The van der Waals surface area contributed by atoms with E-state index in [1.54, 1.807) is 54.6 Å². The summed E-state index contributed by atoms with van der Waals surface area (Å²) in [4.78, 5) is 24.9. The Kier molecular flexibility index (Phi) is 10.8. The highest BCUT2D eigenvalue weighted by Gasteiger charge is 2.12. The molecule has 0 aliphatic rings. The van der Waals surface area contributed by atoms with E-state index in [-0.39, 0.29) is 12.5 Å². The zero-order valence-corrected chi connectivity index (χ0v) is 22.7. The summed E-state index contributed by atoms with van der Waals surface area (Å²) in [6.07, 6.45) is 3.08. The van der Waals surface area contributed by atoms with Crippen molar-refractivity contribution in [2.45, 2.75) is 13.8 Å². The minimum Gasteiger partial charge on any atom is -0.493 e. The Morgan fingerprint density at radius 2 is 1.74 bits per heavy atom. The molecule has 0 atom stereocenters. The van der Waals surface area contributed by atoms with Gasteiger partial charge in [-0.15, -0.1) is 0 Å². The van der Waals surface area contributed by atoms with Gasteiger partial charge in [0.25, 0.3) is 11.8 Å². The zero-order valence-electron chi connectivity index (χ0n) is 22.0. The number of amides is 2. The second-order valence-corrected chi connectivity index (χ2v) is 8.51. The second-order valence-electron chi connectivity index (χ2n) is 8.10. The van der Waals surface area contributed by atoms with Gasteiger partial charge < -0.3 is 24.3 Å². The van der Waals surface area contributed by atoms with E-state index in [4.69, 9.17) is 30.5 Å². The SMILES string of the molecule is C=CCOc1ccc(C(=O)N/N=C/c2ccc(OCC(=O)Nc3ccc(C)c(Cl)c3)c(OCC)c2)cc1OC. The number of hydrogen-bond donors (Lipinski definition) is 2. The van der Waals surface area contributed by atoms with Crippen molar-refractivity contribution in [2.75, 3.05) is 32.2 Å². The van der Waals surface area contributed by atoms with E-state index >= 15 is 0 Å². The van der Waals surface area contributed by atoms with Gasteiger partial charge in [-0.1, -0.05) is 30.3 Å². The van der Waals surface area contributed by atoms with Crippen LogP contribution in [0.15, 0.2) is 72.4 Å². The molecular weight excluding hydrogens is 522 g/mol. The van der Waals surface area contributed by atoms with E-state index in [1.165, 1.54) is 13.3 Å². The second kappa shape index (κ2) is 14.4. The molecule has 0 unspecified atom stereocenters. The summed E-state index contributed by atoms with van der Waals surface area (Å²) in [6.45, 7) is 7.80. The number of halogens is 1. The standard InChI is InChI=1S/C29H30ClN3O6/c1-5-13-38-24-12-9-21(15-26(24)36-4)29(35)33-31-17-20-8-11-25(27(14-20)37-6-2)39-18-28(34)32-22-10-7-19(3)23(30)16-22/h5,7-12,14-17H,1,6,13,18H2,2-4H3,(H,32,34)(H,33,35)/b31-17+. The van der Waals surface area contributed by atoms with Crippen LogP contribution in [0.3, 0.4) is 0 Å². The van der Waals surface area contributed by atoms with Crippen molar-refractivity contribution < 1.29 is 28.5 Å². The lowest BCUT2D eigenvalue weighted by Crippen LogP contribution is -2.20. The number of aryl methyl sites for hydroxylation is 1. The molecule has 39 heavy (non-hydrogen) atoms. The van der Waals surface area contributed by atoms with Crippen LogP contribution < -0.4 is 29.7 Å². The fraction of sp³-hybridized carbons (Fsp3) is 0.207. The van der Waals surface area contributed by atoms with E-state index < -0.39 is 5.91 Å². The molecule has 3 rings (SSSR count). The van der Waals surface area contributed by atoms with Gasteiger partial charge in [0.1, 0.15) is 6.61 Å². The first-order valence-corrected chi connectivity index (χ1v) is 12.4. The molecule has 0 saturated carbocycles. The molecule has 0 fully saturated rings. The fourth-order valence-electron chi connectivity index (χ4n) is 3.31. The maximum absolute atomic E-state index is 12.5. The van der Waals surface area contributed by atoms with E-state index in [0.717, 1.165) is 5.56 Å². The van der Waals surface area contributed by atoms with Crippen LogP contribution >= 0.6 is 11.6 Å². The number of benzene rings is 3. The first kappa shape index (κ1) is 29.1. The highest BCUT2D eigenvalue weighted by molar-refractivity contribution is 6.31. The highest BCUT2D eigenvalue weighted by atomic mass is 35.5. The van der Waals surface area contributed by atoms with Crippen molar-refractivity contribution in [2.24, 2.45) is 5.10 Å². The van der Waals surface area contributed by atoms with Crippen molar-refractivity contribution in [3.05, 3.63) is 89.0 Å². The molecular formula is C29H30ClN3O6. The van der Waals surface area contributed by atoms with Crippen molar-refractivity contribution in [3.63, 3.8) is 0 Å². The molecule has 0 aliphatic heterocycles. The van der Waals surface area contributed by atoms with Crippen molar-refractivity contribution in [1.82, 2.24) is 5.43 Å². The summed E-state index contributed by atoms with van der Waals surface area (Å²) in [5, 5.41) is 7.34. The van der Waals surface area contributed by atoms with Gasteiger partial charge in [0, 0.05) is 16.3 Å². The van der Waals surface area contributed by atoms with E-state index in [2.05, 4.69) is 22.4 Å². The molecule has 0 saturated heterocycles. The Labute approximate surface area is 232 Å². The third-order valence-electron chi connectivity index (χ3n) is 5.24. The number of hydrazone groups is 1. The Morgan fingerprint density at radius 3 is 2.46 bits per heavy atom. The lowest BCUT2D eigenvalue weighted by atomic mass is 10.2. The van der Waals surface area contributed by atoms with Gasteiger partial charge in [-0.3, -0.25) is 9.59 Å². The molecule has 0 spiro atoms. The van der Waals surface area contributed by atoms with Crippen molar-refractivity contribution in [3.8, 4) is 23.0 Å². The molecule has 10 heteroatoms. The monoisotopic (exact) mass is 551 g/mol. The summed E-state index contributed by atoms with van der Waals surface area (Å²) in [7, 11) is 1.49. The fourth-order valence-corrected chi connectivity index (χ4v) is 3.49. The summed E-state index contributed by atoms with van der Waals surface area (Å²) < 4.78 is 22.1. The van der Waals surface area contributed by atoms with Gasteiger partial charge in [0.05, 0.1) is 19.9 Å². The molecule has 0 aromatic heterocycles. The normalized spacial score (nSPS) is 10.6. The predicted molar refractivity (Wildman–Crippen MR) is 152 cm³/mol. The Morgan fingerprint density at radius 1 is 0.974 bits per heavy atom. The number of nitrogens with zero attached hydrogens (tertiary/aromatic N) is 1. The summed E-state index contributed by atoms with van der Waals surface area (Å²) in [6, 6.07) is 15.2. The molecule has 3 aromatic carbocycles. The number of methoxy groups -OCH3 is 1. The van der Waals surface area contributed by atoms with Crippen molar-refractivity contribution >= 4 is 35.3 Å². The van der Waals surface area contributed by atoms with Gasteiger partial charge in [-0.25, -0.2) is 5.43 Å². The molecule has 9 nitrogen and oxygen atoms in total. The van der Waals surface area contributed by atoms with Crippen LogP contribution in [-0.4, -0.2) is 45.0 Å². The van der Waals surface area contributed by atoms with Gasteiger partial charge in [-0.05, 0) is 73.5 Å². The summed E-state index contributed by atoms with van der Waals surface area (Å²) in [5.41, 5.74) is 4.97. The quantitative estimate of drug-likeness (QED) is 0.167. The van der Waals surface area contributed by atoms with Crippen LogP contribution in [0.25, 0.3) is 0 Å². The number of anilines is 1. The van der Waals surface area contributed by atoms with Crippen molar-refractivity contribution in [1.29, 1.82) is 0 Å². The minimum absolute atomic E-state index is 0.226. The van der Waals surface area contributed by atoms with Gasteiger partial charge >= 0.3 is 0 Å². The first-order valence-electron chi connectivity index (χ1n) is 12.0. The smallest absolute Gasteiger partial charge is 0.271 e. The lowest BCUT2D eigenvalue weighted by Gasteiger charge is -2.13.